The van der Waals surface area contributed by atoms with Crippen molar-refractivity contribution < 1.29 is 0 Å². The maximum absolute atomic E-state index is 5.97. The molecule has 0 amide bonds. The Labute approximate surface area is 107 Å². The van der Waals surface area contributed by atoms with Crippen LogP contribution in [0.25, 0.3) is 0 Å². The molecule has 2 N–H and O–H groups in total. The molecule has 0 saturated carbocycles. The molecule has 0 aliphatic rings. The van der Waals surface area contributed by atoms with Crippen LogP contribution in [0.5, 0.6) is 0 Å². The molecule has 1 aromatic heterocycles. The summed E-state index contributed by atoms with van der Waals surface area (Å²) in [5, 5.41) is 0. The molecular formula is C12H21ClN2S. The molecule has 1 aromatic rings. The largest absolute Gasteiger partial charge is 0.329 e. The summed E-state index contributed by atoms with van der Waals surface area (Å²) >= 11 is 7.59. The zero-order valence-corrected chi connectivity index (χ0v) is 11.8. The van der Waals surface area contributed by atoms with E-state index in [2.05, 4.69) is 31.9 Å². The van der Waals surface area contributed by atoms with E-state index in [4.69, 9.17) is 17.3 Å². The molecule has 2 nitrogen and oxygen atoms in total. The van der Waals surface area contributed by atoms with Crippen molar-refractivity contribution in [1.29, 1.82) is 0 Å². The summed E-state index contributed by atoms with van der Waals surface area (Å²) in [4.78, 5) is 3.61. The van der Waals surface area contributed by atoms with Gasteiger partial charge in [0.15, 0.2) is 0 Å². The molecule has 0 spiro atoms. The van der Waals surface area contributed by atoms with Crippen molar-refractivity contribution in [1.82, 2.24) is 4.90 Å². The van der Waals surface area contributed by atoms with E-state index in [-0.39, 0.29) is 0 Å². The average Bonchev–Trinajstić information content (AvgIpc) is 2.66. The zero-order valence-electron chi connectivity index (χ0n) is 10.2. The van der Waals surface area contributed by atoms with E-state index in [1.54, 1.807) is 11.3 Å². The van der Waals surface area contributed by atoms with Crippen molar-refractivity contribution in [3.63, 3.8) is 0 Å². The predicted octanol–water partition coefficient (Wildman–Crippen LogP) is 3.52. The lowest BCUT2D eigenvalue weighted by Gasteiger charge is -2.31. The number of hydrogen-bond acceptors (Lipinski definition) is 3. The normalized spacial score (nSPS) is 15.4. The number of halogens is 1. The highest BCUT2D eigenvalue weighted by atomic mass is 35.5. The first-order chi connectivity index (χ1) is 7.60. The maximum Gasteiger partial charge on any atom is 0.0931 e. The Morgan fingerprint density at radius 3 is 2.62 bits per heavy atom. The van der Waals surface area contributed by atoms with Crippen LogP contribution < -0.4 is 5.73 Å². The van der Waals surface area contributed by atoms with Crippen molar-refractivity contribution >= 4 is 22.9 Å². The second kappa shape index (κ2) is 6.60. The fourth-order valence-corrected chi connectivity index (χ4v) is 3.15. The van der Waals surface area contributed by atoms with Gasteiger partial charge in [-0.25, -0.2) is 0 Å². The Balaban J connectivity index is 2.73. The summed E-state index contributed by atoms with van der Waals surface area (Å²) in [6.45, 7) is 5.10. The van der Waals surface area contributed by atoms with E-state index in [0.29, 0.717) is 18.6 Å². The molecule has 2 unspecified atom stereocenters. The van der Waals surface area contributed by atoms with Crippen molar-refractivity contribution in [3.8, 4) is 0 Å². The summed E-state index contributed by atoms with van der Waals surface area (Å²) in [5.74, 6) is 0. The first-order valence-electron chi connectivity index (χ1n) is 5.77. The second-order valence-electron chi connectivity index (χ2n) is 4.20. The molecule has 92 valence electrons. The average molecular weight is 261 g/mol. The minimum atomic E-state index is 0.291. The van der Waals surface area contributed by atoms with Gasteiger partial charge in [-0.2, -0.15) is 0 Å². The molecule has 1 rings (SSSR count). The van der Waals surface area contributed by atoms with Gasteiger partial charge in [0.05, 0.1) is 10.4 Å². The molecule has 0 radical (unpaired) electrons. The monoisotopic (exact) mass is 260 g/mol. The van der Waals surface area contributed by atoms with Gasteiger partial charge in [0, 0.05) is 17.5 Å². The van der Waals surface area contributed by atoms with Crippen LogP contribution in [0.15, 0.2) is 12.1 Å². The van der Waals surface area contributed by atoms with Crippen LogP contribution in [0.2, 0.25) is 4.34 Å². The number of rotatable bonds is 6. The molecule has 1 heterocycles. The molecular weight excluding hydrogens is 240 g/mol. The topological polar surface area (TPSA) is 29.3 Å². The van der Waals surface area contributed by atoms with Gasteiger partial charge in [0.1, 0.15) is 0 Å². The minimum absolute atomic E-state index is 0.291. The smallest absolute Gasteiger partial charge is 0.0931 e. The predicted molar refractivity (Wildman–Crippen MR) is 73.3 cm³/mol. The standard InChI is InChI=1S/C12H21ClN2S/c1-4-5-9(2)15(3)10(8-14)11-6-7-12(13)16-11/h6-7,9-10H,4-5,8,14H2,1-3H3. The number of thiophene rings is 1. The van der Waals surface area contributed by atoms with Crippen molar-refractivity contribution in [2.75, 3.05) is 13.6 Å². The van der Waals surface area contributed by atoms with E-state index >= 15 is 0 Å². The Bertz CT molecular complexity index is 314. The Morgan fingerprint density at radius 1 is 1.50 bits per heavy atom. The summed E-state index contributed by atoms with van der Waals surface area (Å²) in [6.07, 6.45) is 2.40. The first kappa shape index (κ1) is 14.0. The van der Waals surface area contributed by atoms with E-state index < -0.39 is 0 Å². The maximum atomic E-state index is 5.97. The minimum Gasteiger partial charge on any atom is -0.329 e. The highest BCUT2D eigenvalue weighted by molar-refractivity contribution is 7.16. The summed E-state index contributed by atoms with van der Waals surface area (Å²) < 4.78 is 0.838. The van der Waals surface area contributed by atoms with Crippen LogP contribution >= 0.6 is 22.9 Å². The lowest BCUT2D eigenvalue weighted by Crippen LogP contribution is -2.36. The molecule has 0 aliphatic heterocycles. The lowest BCUT2D eigenvalue weighted by molar-refractivity contribution is 0.182. The van der Waals surface area contributed by atoms with Crippen LogP contribution in [0, 0.1) is 0 Å². The number of nitrogens with zero attached hydrogens (tertiary/aromatic N) is 1. The summed E-state index contributed by atoms with van der Waals surface area (Å²) in [6, 6.07) is 4.88. The Morgan fingerprint density at radius 2 is 2.19 bits per heavy atom. The van der Waals surface area contributed by atoms with Crippen molar-refractivity contribution in [2.45, 2.75) is 38.8 Å². The highest BCUT2D eigenvalue weighted by Crippen LogP contribution is 2.30. The Hall–Kier alpha value is -0.0900. The van der Waals surface area contributed by atoms with E-state index in [9.17, 15) is 0 Å². The van der Waals surface area contributed by atoms with Gasteiger partial charge in [-0.05, 0) is 32.5 Å². The fourth-order valence-electron chi connectivity index (χ4n) is 1.92. The summed E-state index contributed by atoms with van der Waals surface area (Å²) in [7, 11) is 2.14. The van der Waals surface area contributed by atoms with Crippen molar-refractivity contribution in [2.24, 2.45) is 5.73 Å². The number of hydrogen-bond donors (Lipinski definition) is 1. The first-order valence-corrected chi connectivity index (χ1v) is 6.96. The molecule has 0 aromatic carbocycles. The van der Waals surface area contributed by atoms with E-state index in [1.165, 1.54) is 17.7 Å². The van der Waals surface area contributed by atoms with Gasteiger partial charge < -0.3 is 5.73 Å². The highest BCUT2D eigenvalue weighted by Gasteiger charge is 2.21. The molecule has 0 bridgehead atoms. The van der Waals surface area contributed by atoms with Crippen LogP contribution in [0.1, 0.15) is 37.6 Å². The van der Waals surface area contributed by atoms with Gasteiger partial charge in [-0.3, -0.25) is 4.90 Å². The van der Waals surface area contributed by atoms with E-state index in [0.717, 1.165) is 4.34 Å². The Kier molecular flexibility index (Phi) is 5.76. The fraction of sp³-hybridized carbons (Fsp3) is 0.667. The molecule has 0 aliphatic carbocycles. The van der Waals surface area contributed by atoms with Crippen LogP contribution in [-0.2, 0) is 0 Å². The third-order valence-corrected chi connectivity index (χ3v) is 4.37. The van der Waals surface area contributed by atoms with E-state index in [1.807, 2.05) is 6.07 Å². The molecule has 16 heavy (non-hydrogen) atoms. The lowest BCUT2D eigenvalue weighted by atomic mass is 10.1. The zero-order chi connectivity index (χ0) is 12.1. The molecule has 4 heteroatoms. The quantitative estimate of drug-likeness (QED) is 0.848. The number of nitrogens with two attached hydrogens (primary N) is 1. The summed E-state index contributed by atoms with van der Waals surface area (Å²) in [5.41, 5.74) is 5.87. The third-order valence-electron chi connectivity index (χ3n) is 3.04. The SMILES string of the molecule is CCCC(C)N(C)C(CN)c1ccc(Cl)s1. The van der Waals surface area contributed by atoms with Gasteiger partial charge >= 0.3 is 0 Å². The van der Waals surface area contributed by atoms with Crippen LogP contribution in [0.3, 0.4) is 0 Å². The molecule has 2 atom stereocenters. The second-order valence-corrected chi connectivity index (χ2v) is 5.94. The van der Waals surface area contributed by atoms with Crippen LogP contribution in [0.4, 0.5) is 0 Å². The molecule has 0 fully saturated rings. The van der Waals surface area contributed by atoms with Gasteiger partial charge in [0.2, 0.25) is 0 Å². The van der Waals surface area contributed by atoms with Gasteiger partial charge in [-0.1, -0.05) is 24.9 Å². The van der Waals surface area contributed by atoms with Gasteiger partial charge in [0.25, 0.3) is 0 Å². The third kappa shape index (κ3) is 3.45. The van der Waals surface area contributed by atoms with Gasteiger partial charge in [-0.15, -0.1) is 11.3 Å². The number of likely N-dealkylation sites (N-methyl/N-ethyl adjacent to an activating group) is 1. The molecule has 0 saturated heterocycles. The van der Waals surface area contributed by atoms with Crippen molar-refractivity contribution in [3.05, 3.63) is 21.3 Å². The van der Waals surface area contributed by atoms with Crippen LogP contribution in [-0.4, -0.2) is 24.5 Å².